The summed E-state index contributed by atoms with van der Waals surface area (Å²) in [6, 6.07) is 18.9. The summed E-state index contributed by atoms with van der Waals surface area (Å²) < 4.78 is 4.17. The van der Waals surface area contributed by atoms with Crippen LogP contribution in [0.1, 0.15) is 33.4 Å². The smallest absolute Gasteiger partial charge is 0.266 e. The van der Waals surface area contributed by atoms with E-state index in [-0.39, 0.29) is 28.2 Å². The van der Waals surface area contributed by atoms with Crippen LogP contribution >= 0.6 is 0 Å². The summed E-state index contributed by atoms with van der Waals surface area (Å²) in [6.45, 7) is 3.36. The lowest BCUT2D eigenvalue weighted by atomic mass is 10.1. The van der Waals surface area contributed by atoms with Gasteiger partial charge in [0.2, 0.25) is 0 Å². The molecule has 5 aromatic heterocycles. The second-order valence-corrected chi connectivity index (χ2v) is 9.93. The van der Waals surface area contributed by atoms with E-state index in [2.05, 4.69) is 47.9 Å². The number of rotatable bonds is 5. The maximum Gasteiger partial charge on any atom is 0.266 e. The molecule has 0 fully saturated rings. The number of H-pyrrole nitrogens is 2. The summed E-state index contributed by atoms with van der Waals surface area (Å²) in [7, 11) is 0. The second kappa shape index (κ2) is 9.93. The normalized spacial score (nSPS) is 11.8. The molecule has 14 nitrogen and oxygen atoms in total. The van der Waals surface area contributed by atoms with Crippen molar-refractivity contribution in [2.45, 2.75) is 13.8 Å². The van der Waals surface area contributed by atoms with Gasteiger partial charge >= 0.3 is 0 Å². The van der Waals surface area contributed by atoms with E-state index in [1.54, 1.807) is 26.0 Å². The van der Waals surface area contributed by atoms with Crippen LogP contribution < -0.4 is 16.5 Å². The minimum atomic E-state index is -0.352. The van der Waals surface area contributed by atoms with Crippen molar-refractivity contribution in [3.05, 3.63) is 109 Å². The highest BCUT2D eigenvalue weighted by molar-refractivity contribution is 5.90. The number of anilines is 1. The molecule has 5 heterocycles. The molecule has 0 aliphatic heterocycles. The molecule has 212 valence electrons. The summed E-state index contributed by atoms with van der Waals surface area (Å²) in [6.07, 6.45) is 3.96. The van der Waals surface area contributed by atoms with Gasteiger partial charge in [-0.05, 0) is 49.2 Å². The first-order chi connectivity index (χ1) is 21.4. The lowest BCUT2D eigenvalue weighted by molar-refractivity contribution is 0.878. The fourth-order valence-corrected chi connectivity index (χ4v) is 5.35. The summed E-state index contributed by atoms with van der Waals surface area (Å²) in [5.41, 5.74) is 7.54. The highest BCUT2D eigenvalue weighted by atomic mass is 16.1. The van der Waals surface area contributed by atoms with Gasteiger partial charge in [-0.25, -0.2) is 5.43 Å². The van der Waals surface area contributed by atoms with E-state index in [0.717, 1.165) is 11.0 Å². The molecule has 7 rings (SSSR count). The number of nitrogens with zero attached hydrogens (tertiary/aromatic N) is 9. The number of nitriles is 2. The Kier molecular flexibility index (Phi) is 5.90. The van der Waals surface area contributed by atoms with E-state index in [4.69, 9.17) is 0 Å². The fourth-order valence-electron chi connectivity index (χ4n) is 5.35. The zero-order valence-electron chi connectivity index (χ0n) is 23.2. The van der Waals surface area contributed by atoms with Crippen LogP contribution in [-0.4, -0.2) is 46.1 Å². The third-order valence-corrected chi connectivity index (χ3v) is 7.57. The molecule has 2 aromatic carbocycles. The number of fused-ring (bicyclic) bond motifs is 6. The number of hydrogen-bond donors (Lipinski definition) is 3. The van der Waals surface area contributed by atoms with E-state index < -0.39 is 0 Å². The molecule has 3 N–H and O–H groups in total. The highest BCUT2D eigenvalue weighted by Gasteiger charge is 2.19. The average molecular weight is 581 g/mol. The molecule has 0 saturated heterocycles. The molecule has 0 atom stereocenters. The summed E-state index contributed by atoms with van der Waals surface area (Å²) in [5, 5.41) is 36.1. The number of imidazole rings is 2. The van der Waals surface area contributed by atoms with Crippen molar-refractivity contribution >= 4 is 51.7 Å². The Morgan fingerprint density at radius 2 is 1.34 bits per heavy atom. The van der Waals surface area contributed by atoms with Crippen molar-refractivity contribution < 1.29 is 0 Å². The lowest BCUT2D eigenvalue weighted by Crippen LogP contribution is -2.21. The Labute approximate surface area is 246 Å². The molecule has 0 amide bonds. The monoisotopic (exact) mass is 580 g/mol. The molecule has 0 saturated carbocycles. The van der Waals surface area contributed by atoms with E-state index in [1.807, 2.05) is 36.4 Å². The first-order valence-electron chi connectivity index (χ1n) is 13.3. The molecular formula is C30H20N12O2. The fraction of sp³-hybridized carbons (Fsp3) is 0.0667. The predicted molar refractivity (Wildman–Crippen MR) is 164 cm³/mol. The van der Waals surface area contributed by atoms with Gasteiger partial charge in [-0.2, -0.15) is 25.4 Å². The number of benzene rings is 2. The van der Waals surface area contributed by atoms with Crippen molar-refractivity contribution in [3.63, 3.8) is 0 Å². The van der Waals surface area contributed by atoms with E-state index in [0.29, 0.717) is 44.6 Å². The van der Waals surface area contributed by atoms with Gasteiger partial charge in [-0.15, -0.1) is 10.2 Å². The van der Waals surface area contributed by atoms with Crippen LogP contribution in [0.5, 0.6) is 0 Å². The largest absolute Gasteiger partial charge is 0.338 e. The number of aromatic nitrogens is 7. The van der Waals surface area contributed by atoms with E-state index in [1.165, 1.54) is 32.2 Å². The highest BCUT2D eigenvalue weighted by Crippen LogP contribution is 2.22. The van der Waals surface area contributed by atoms with Gasteiger partial charge in [-0.3, -0.25) is 18.4 Å². The summed E-state index contributed by atoms with van der Waals surface area (Å²) >= 11 is 0. The molecule has 0 aliphatic carbocycles. The summed E-state index contributed by atoms with van der Waals surface area (Å²) in [4.78, 5) is 33.3. The third-order valence-electron chi connectivity index (χ3n) is 7.57. The Balaban J connectivity index is 1.25. The second-order valence-electron chi connectivity index (χ2n) is 9.93. The predicted octanol–water partition coefficient (Wildman–Crippen LogP) is 3.15. The Morgan fingerprint density at radius 1 is 0.818 bits per heavy atom. The van der Waals surface area contributed by atoms with Crippen LogP contribution in [0.4, 0.5) is 5.95 Å². The molecule has 0 bridgehead atoms. The molecule has 0 radical (unpaired) electrons. The quantitative estimate of drug-likeness (QED) is 0.206. The minimum Gasteiger partial charge on any atom is -0.338 e. The Hall–Kier alpha value is -6.80. The number of nitrogens with one attached hydrogen (secondary N) is 3. The molecule has 0 spiro atoms. The van der Waals surface area contributed by atoms with Gasteiger partial charge in [-0.1, -0.05) is 24.3 Å². The first kappa shape index (κ1) is 26.1. The van der Waals surface area contributed by atoms with Crippen molar-refractivity contribution in [3.8, 4) is 12.1 Å². The van der Waals surface area contributed by atoms with Crippen LogP contribution in [0, 0.1) is 36.5 Å². The van der Waals surface area contributed by atoms with Gasteiger partial charge in [0, 0.05) is 0 Å². The van der Waals surface area contributed by atoms with Crippen LogP contribution in [0.15, 0.2) is 74.7 Å². The summed E-state index contributed by atoms with van der Waals surface area (Å²) in [5.74, 6) is 0.0929. The van der Waals surface area contributed by atoms with Gasteiger partial charge in [0.25, 0.3) is 17.1 Å². The average Bonchev–Trinajstić information content (AvgIpc) is 3.74. The maximum atomic E-state index is 13.5. The van der Waals surface area contributed by atoms with Crippen LogP contribution in [-0.2, 0) is 0 Å². The Bertz CT molecular complexity index is 2580. The maximum absolute atomic E-state index is 13.5. The molecule has 0 unspecified atom stereocenters. The number of hydrogen-bond acceptors (Lipinski definition) is 9. The zero-order chi connectivity index (χ0) is 30.5. The van der Waals surface area contributed by atoms with Crippen molar-refractivity contribution in [2.24, 2.45) is 10.2 Å². The van der Waals surface area contributed by atoms with Crippen LogP contribution in [0.3, 0.4) is 0 Å². The molecule has 14 heteroatoms. The van der Waals surface area contributed by atoms with E-state index in [9.17, 15) is 20.1 Å². The number of aromatic amines is 2. The first-order valence-corrected chi connectivity index (χ1v) is 13.3. The zero-order valence-corrected chi connectivity index (χ0v) is 23.2. The van der Waals surface area contributed by atoms with Gasteiger partial charge in [0.05, 0.1) is 56.7 Å². The SMILES string of the molecule is Cc1c(/C=N\n2cnnc2N/N=C/c2c(C)c(C#N)c3[nH]c4ccccc4n3c2=O)c(=O)n2c([nH]c3ccccc32)c1C#N. The molecule has 44 heavy (non-hydrogen) atoms. The van der Waals surface area contributed by atoms with Gasteiger partial charge < -0.3 is 9.97 Å². The Morgan fingerprint density at radius 3 is 1.89 bits per heavy atom. The van der Waals surface area contributed by atoms with Crippen molar-refractivity contribution in [2.75, 3.05) is 5.43 Å². The number of hydrazone groups is 1. The number of pyridine rings is 2. The van der Waals surface area contributed by atoms with E-state index >= 15 is 0 Å². The lowest BCUT2D eigenvalue weighted by Gasteiger charge is -2.06. The van der Waals surface area contributed by atoms with Gasteiger partial charge in [0.1, 0.15) is 29.8 Å². The van der Waals surface area contributed by atoms with Gasteiger partial charge in [0.15, 0.2) is 0 Å². The standard InChI is InChI=1S/C30H20N12O2/c1-16-18(11-31)26-36-22-7-3-5-9-24(22)41(26)28(43)20(16)13-33-38-30-39-34-15-40(30)35-14-21-17(2)19(12-32)27-37-23-8-4-6-10-25(23)42(27)29(21)44/h3-10,13-15,36-37H,1-2H3,(H,38,39)/b33-13+,35-14-. The minimum absolute atomic E-state index is 0.0929. The number of para-hydroxylation sites is 4. The third kappa shape index (κ3) is 3.79. The van der Waals surface area contributed by atoms with Crippen LogP contribution in [0.2, 0.25) is 0 Å². The molecule has 0 aliphatic rings. The van der Waals surface area contributed by atoms with Crippen LogP contribution in [0.25, 0.3) is 33.4 Å². The van der Waals surface area contributed by atoms with Crippen molar-refractivity contribution in [1.29, 1.82) is 10.5 Å². The van der Waals surface area contributed by atoms with Crippen molar-refractivity contribution in [1.82, 2.24) is 33.6 Å². The molecular weight excluding hydrogens is 560 g/mol. The molecule has 7 aromatic rings. The topological polar surface area (TPSA) is 190 Å².